The summed E-state index contributed by atoms with van der Waals surface area (Å²) in [5.41, 5.74) is 2.38. The van der Waals surface area contributed by atoms with Crippen LogP contribution in [-0.4, -0.2) is 39.5 Å². The van der Waals surface area contributed by atoms with Gasteiger partial charge in [-0.15, -0.1) is 11.3 Å². The van der Waals surface area contributed by atoms with Crippen LogP contribution in [0.4, 0.5) is 0 Å². The van der Waals surface area contributed by atoms with Crippen LogP contribution in [-0.2, 0) is 11.2 Å². The van der Waals surface area contributed by atoms with Crippen molar-refractivity contribution in [3.05, 3.63) is 74.3 Å². The standard InChI is InChI=1S/C22H22N4O3S2/c1-3-15-11-20(27)24-22(23-15)31-13-21(28)26-18(14-6-8-16(29-2)9-7-14)12-17(25-26)19-5-4-10-30-19/h4-11,18H,3,12-13H2,1-2H3,(H,23,24,27). The highest BCUT2D eigenvalue weighted by Crippen LogP contribution is 2.35. The number of carbonyl (C=O) groups is 1. The van der Waals surface area contributed by atoms with E-state index in [4.69, 9.17) is 4.74 Å². The average Bonchev–Trinajstić information content (AvgIpc) is 3.47. The van der Waals surface area contributed by atoms with Crippen molar-refractivity contribution >= 4 is 34.7 Å². The number of nitrogens with zero attached hydrogens (tertiary/aromatic N) is 3. The van der Waals surface area contributed by atoms with Gasteiger partial charge in [0.15, 0.2) is 5.16 Å². The molecule has 1 atom stereocenters. The molecule has 1 amide bonds. The van der Waals surface area contributed by atoms with Crippen LogP contribution in [0.5, 0.6) is 5.75 Å². The number of hydrogen-bond acceptors (Lipinski definition) is 7. The predicted octanol–water partition coefficient (Wildman–Crippen LogP) is 3.87. The van der Waals surface area contributed by atoms with Crippen LogP contribution in [0.3, 0.4) is 0 Å². The lowest BCUT2D eigenvalue weighted by atomic mass is 10.0. The Bertz CT molecular complexity index is 1140. The molecule has 7 nitrogen and oxygen atoms in total. The molecule has 3 aromatic rings. The van der Waals surface area contributed by atoms with E-state index < -0.39 is 0 Å². The lowest BCUT2D eigenvalue weighted by Gasteiger charge is -2.22. The number of thiophene rings is 1. The Labute approximate surface area is 188 Å². The lowest BCUT2D eigenvalue weighted by Crippen LogP contribution is -2.28. The number of benzene rings is 1. The first kappa shape index (κ1) is 21.3. The highest BCUT2D eigenvalue weighted by Gasteiger charge is 2.33. The maximum Gasteiger partial charge on any atom is 0.253 e. The second-order valence-electron chi connectivity index (χ2n) is 6.94. The second kappa shape index (κ2) is 9.49. The van der Waals surface area contributed by atoms with Crippen molar-refractivity contribution in [1.29, 1.82) is 0 Å². The number of nitrogens with one attached hydrogen (secondary N) is 1. The Hall–Kier alpha value is -2.91. The largest absolute Gasteiger partial charge is 0.497 e. The van der Waals surface area contributed by atoms with E-state index in [2.05, 4.69) is 15.1 Å². The summed E-state index contributed by atoms with van der Waals surface area (Å²) in [6.07, 6.45) is 1.30. The molecule has 2 aromatic heterocycles. The van der Waals surface area contributed by atoms with E-state index in [0.29, 0.717) is 23.7 Å². The Morgan fingerprint density at radius 1 is 1.32 bits per heavy atom. The zero-order chi connectivity index (χ0) is 21.8. The van der Waals surface area contributed by atoms with Crippen molar-refractivity contribution in [3.63, 3.8) is 0 Å². The zero-order valence-electron chi connectivity index (χ0n) is 17.2. The van der Waals surface area contributed by atoms with Gasteiger partial charge in [0.25, 0.3) is 11.5 Å². The summed E-state index contributed by atoms with van der Waals surface area (Å²) >= 11 is 2.83. The fraction of sp³-hybridized carbons (Fsp3) is 0.273. The van der Waals surface area contributed by atoms with E-state index in [9.17, 15) is 9.59 Å². The number of rotatable bonds is 7. The van der Waals surface area contributed by atoms with Crippen LogP contribution in [0.15, 0.2) is 62.9 Å². The number of hydrogen-bond donors (Lipinski definition) is 1. The van der Waals surface area contributed by atoms with Crippen molar-refractivity contribution in [1.82, 2.24) is 15.0 Å². The molecule has 0 saturated heterocycles. The molecule has 1 aliphatic heterocycles. The van der Waals surface area contributed by atoms with Gasteiger partial charge in [0.05, 0.1) is 29.5 Å². The second-order valence-corrected chi connectivity index (χ2v) is 8.85. The minimum Gasteiger partial charge on any atom is -0.497 e. The molecule has 1 aromatic carbocycles. The minimum absolute atomic E-state index is 0.129. The number of aryl methyl sites for hydroxylation is 1. The topological polar surface area (TPSA) is 87.7 Å². The molecule has 9 heteroatoms. The number of methoxy groups -OCH3 is 1. The number of carbonyl (C=O) groups excluding carboxylic acids is 1. The number of H-pyrrole nitrogens is 1. The smallest absolute Gasteiger partial charge is 0.253 e. The van der Waals surface area contributed by atoms with Crippen molar-refractivity contribution in [3.8, 4) is 5.75 Å². The van der Waals surface area contributed by atoms with Crippen molar-refractivity contribution in [2.45, 2.75) is 31.0 Å². The Morgan fingerprint density at radius 2 is 2.13 bits per heavy atom. The molecule has 0 saturated carbocycles. The molecule has 3 heterocycles. The van der Waals surface area contributed by atoms with Crippen LogP contribution in [0.25, 0.3) is 0 Å². The normalized spacial score (nSPS) is 15.7. The first-order valence-corrected chi connectivity index (χ1v) is 11.7. The maximum absolute atomic E-state index is 13.1. The van der Waals surface area contributed by atoms with Crippen LogP contribution in [0.2, 0.25) is 0 Å². The fourth-order valence-electron chi connectivity index (χ4n) is 3.35. The number of aromatic amines is 1. The van der Waals surface area contributed by atoms with E-state index in [1.165, 1.54) is 17.8 Å². The van der Waals surface area contributed by atoms with Crippen molar-refractivity contribution < 1.29 is 9.53 Å². The number of aromatic nitrogens is 2. The van der Waals surface area contributed by atoms with Gasteiger partial charge in [0, 0.05) is 18.2 Å². The molecule has 1 aliphatic rings. The van der Waals surface area contributed by atoms with Gasteiger partial charge in [-0.25, -0.2) is 9.99 Å². The summed E-state index contributed by atoms with van der Waals surface area (Å²) in [6.45, 7) is 1.94. The van der Waals surface area contributed by atoms with Crippen LogP contribution in [0.1, 0.15) is 35.5 Å². The van der Waals surface area contributed by atoms with Gasteiger partial charge < -0.3 is 9.72 Å². The Balaban J connectivity index is 1.56. The van der Waals surface area contributed by atoms with E-state index in [1.807, 2.05) is 48.7 Å². The third-order valence-corrected chi connectivity index (χ3v) is 6.72. The number of ether oxygens (including phenoxy) is 1. The number of hydrazone groups is 1. The molecule has 0 aliphatic carbocycles. The quantitative estimate of drug-likeness (QED) is 0.433. The summed E-state index contributed by atoms with van der Waals surface area (Å²) < 4.78 is 5.26. The molecule has 1 N–H and O–H groups in total. The van der Waals surface area contributed by atoms with Crippen LogP contribution >= 0.6 is 23.1 Å². The number of thioether (sulfide) groups is 1. The molecule has 4 rings (SSSR count). The molecule has 0 bridgehead atoms. The summed E-state index contributed by atoms with van der Waals surface area (Å²) in [5.74, 6) is 0.756. The first-order chi connectivity index (χ1) is 15.1. The van der Waals surface area contributed by atoms with E-state index in [-0.39, 0.29) is 23.3 Å². The van der Waals surface area contributed by atoms with Gasteiger partial charge in [-0.05, 0) is 35.6 Å². The lowest BCUT2D eigenvalue weighted by molar-refractivity contribution is -0.130. The summed E-state index contributed by atoms with van der Waals surface area (Å²) in [4.78, 5) is 33.1. The first-order valence-electron chi connectivity index (χ1n) is 9.87. The van der Waals surface area contributed by atoms with E-state index >= 15 is 0 Å². The molecular formula is C22H22N4O3S2. The molecule has 0 radical (unpaired) electrons. The molecule has 1 unspecified atom stereocenters. The molecule has 31 heavy (non-hydrogen) atoms. The SMILES string of the molecule is CCc1cc(=O)[nH]c(SCC(=O)N2N=C(c3cccs3)CC2c2ccc(OC)cc2)n1. The van der Waals surface area contributed by atoms with Crippen molar-refractivity contribution in [2.24, 2.45) is 5.10 Å². The third kappa shape index (κ3) is 4.88. The highest BCUT2D eigenvalue weighted by atomic mass is 32.2. The Morgan fingerprint density at radius 3 is 2.81 bits per heavy atom. The fourth-order valence-corrected chi connectivity index (χ4v) is 4.81. The van der Waals surface area contributed by atoms with E-state index in [1.54, 1.807) is 23.5 Å². The molecule has 0 fully saturated rings. The molecule has 0 spiro atoms. The number of amides is 1. The summed E-state index contributed by atoms with van der Waals surface area (Å²) in [6, 6.07) is 13.0. The maximum atomic E-state index is 13.1. The van der Waals surface area contributed by atoms with Gasteiger partial charge in [0.2, 0.25) is 0 Å². The highest BCUT2D eigenvalue weighted by molar-refractivity contribution is 7.99. The van der Waals surface area contributed by atoms with Crippen LogP contribution in [0, 0.1) is 0 Å². The predicted molar refractivity (Wildman–Crippen MR) is 123 cm³/mol. The minimum atomic E-state index is -0.211. The van der Waals surface area contributed by atoms with Gasteiger partial charge in [0.1, 0.15) is 5.75 Å². The summed E-state index contributed by atoms with van der Waals surface area (Å²) in [5, 5.41) is 8.68. The van der Waals surface area contributed by atoms with Gasteiger partial charge >= 0.3 is 0 Å². The van der Waals surface area contributed by atoms with Gasteiger partial charge in [-0.1, -0.05) is 36.9 Å². The zero-order valence-corrected chi connectivity index (χ0v) is 18.8. The summed E-state index contributed by atoms with van der Waals surface area (Å²) in [7, 11) is 1.63. The van der Waals surface area contributed by atoms with E-state index in [0.717, 1.165) is 21.9 Å². The van der Waals surface area contributed by atoms with Crippen molar-refractivity contribution in [2.75, 3.05) is 12.9 Å². The van der Waals surface area contributed by atoms with Gasteiger partial charge in [-0.3, -0.25) is 9.59 Å². The molecule has 160 valence electrons. The molecular weight excluding hydrogens is 432 g/mol. The third-order valence-electron chi connectivity index (χ3n) is 4.94. The average molecular weight is 455 g/mol. The van der Waals surface area contributed by atoms with Crippen LogP contribution < -0.4 is 10.3 Å². The monoisotopic (exact) mass is 454 g/mol. The Kier molecular flexibility index (Phi) is 6.53. The van der Waals surface area contributed by atoms with Gasteiger partial charge in [-0.2, -0.15) is 5.10 Å².